The van der Waals surface area contributed by atoms with E-state index in [-0.39, 0.29) is 12.3 Å². The number of hydrogen-bond acceptors (Lipinski definition) is 4. The second-order valence-corrected chi connectivity index (χ2v) is 3.75. The van der Waals surface area contributed by atoms with Gasteiger partial charge in [-0.2, -0.15) is 0 Å². The van der Waals surface area contributed by atoms with E-state index in [9.17, 15) is 9.59 Å². The molecule has 6 nitrogen and oxygen atoms in total. The molecule has 86 valence electrons. The summed E-state index contributed by atoms with van der Waals surface area (Å²) >= 11 is 0. The predicted octanol–water partition coefficient (Wildman–Crippen LogP) is -0.313. The summed E-state index contributed by atoms with van der Waals surface area (Å²) in [4.78, 5) is 24.5. The van der Waals surface area contributed by atoms with E-state index in [0.717, 1.165) is 6.42 Å². The number of H-pyrrole nitrogens is 1. The molecular formula is C10H13N3O3. The number of aromatic nitrogens is 2. The van der Waals surface area contributed by atoms with E-state index in [1.54, 1.807) is 0 Å². The maximum Gasteiger partial charge on any atom is 0.330 e. The molecular weight excluding hydrogens is 210 g/mol. The van der Waals surface area contributed by atoms with Crippen molar-refractivity contribution < 1.29 is 4.74 Å². The molecule has 2 heterocycles. The van der Waals surface area contributed by atoms with Gasteiger partial charge in [-0.1, -0.05) is 6.58 Å². The summed E-state index contributed by atoms with van der Waals surface area (Å²) < 4.78 is 6.90. The van der Waals surface area contributed by atoms with Gasteiger partial charge in [0.2, 0.25) is 0 Å². The lowest BCUT2D eigenvalue weighted by Gasteiger charge is -2.15. The summed E-state index contributed by atoms with van der Waals surface area (Å²) in [6.45, 7) is 3.61. The molecule has 0 amide bonds. The van der Waals surface area contributed by atoms with Gasteiger partial charge in [-0.05, 0) is 12.8 Å². The maximum absolute atomic E-state index is 11.5. The zero-order valence-corrected chi connectivity index (χ0v) is 8.68. The van der Waals surface area contributed by atoms with Crippen LogP contribution in [0.15, 0.2) is 34.1 Å². The highest BCUT2D eigenvalue weighted by Crippen LogP contribution is 2.28. The van der Waals surface area contributed by atoms with Crippen LogP contribution in [0.5, 0.6) is 0 Å². The van der Waals surface area contributed by atoms with E-state index in [0.29, 0.717) is 12.1 Å². The summed E-state index contributed by atoms with van der Waals surface area (Å²) in [5.41, 5.74) is 5.10. The molecule has 0 spiro atoms. The van der Waals surface area contributed by atoms with Gasteiger partial charge in [-0.25, -0.2) is 4.79 Å². The molecule has 0 aliphatic carbocycles. The molecule has 6 heteroatoms. The summed E-state index contributed by atoms with van der Waals surface area (Å²) in [5, 5.41) is 0. The number of nitrogens with two attached hydrogens (primary N) is 1. The molecule has 0 radical (unpaired) electrons. The van der Waals surface area contributed by atoms with Gasteiger partial charge in [0.25, 0.3) is 5.56 Å². The second kappa shape index (κ2) is 3.97. The van der Waals surface area contributed by atoms with Crippen molar-refractivity contribution >= 4 is 0 Å². The molecule has 1 aliphatic rings. The second-order valence-electron chi connectivity index (χ2n) is 3.75. The minimum Gasteiger partial charge on any atom is -0.400 e. The molecule has 1 aromatic rings. The third kappa shape index (κ3) is 1.92. The van der Waals surface area contributed by atoms with Crippen LogP contribution >= 0.6 is 0 Å². The topological polar surface area (TPSA) is 90.1 Å². The Balaban J connectivity index is 2.24. The lowest BCUT2D eigenvalue weighted by molar-refractivity contribution is 0.0150. The first-order valence-corrected chi connectivity index (χ1v) is 4.99. The zero-order chi connectivity index (χ0) is 11.7. The van der Waals surface area contributed by atoms with Gasteiger partial charge in [-0.15, -0.1) is 0 Å². The molecule has 16 heavy (non-hydrogen) atoms. The molecule has 3 N–H and O–H groups in total. The van der Waals surface area contributed by atoms with E-state index in [1.807, 2.05) is 0 Å². The van der Waals surface area contributed by atoms with E-state index in [1.165, 1.54) is 16.8 Å². The van der Waals surface area contributed by atoms with Gasteiger partial charge in [-0.3, -0.25) is 14.3 Å². The Hall–Kier alpha value is -1.82. The van der Waals surface area contributed by atoms with Crippen LogP contribution in [0.4, 0.5) is 0 Å². The zero-order valence-electron chi connectivity index (χ0n) is 8.68. The van der Waals surface area contributed by atoms with Crippen LogP contribution in [0.25, 0.3) is 0 Å². The first-order valence-electron chi connectivity index (χ1n) is 4.99. The Bertz CT molecular complexity index is 517. The number of rotatable bonds is 2. The Kier molecular flexibility index (Phi) is 2.66. The van der Waals surface area contributed by atoms with Crippen LogP contribution in [0.1, 0.15) is 19.1 Å². The molecule has 0 aromatic carbocycles. The molecule has 2 rings (SSSR count). The number of nitrogens with one attached hydrogen (secondary N) is 1. The van der Waals surface area contributed by atoms with Crippen molar-refractivity contribution in [1.29, 1.82) is 0 Å². The first kappa shape index (κ1) is 10.7. The fourth-order valence-electron chi connectivity index (χ4n) is 1.75. The van der Waals surface area contributed by atoms with Crippen LogP contribution in [-0.2, 0) is 4.74 Å². The monoisotopic (exact) mass is 223 g/mol. The highest BCUT2D eigenvalue weighted by atomic mass is 16.5. The van der Waals surface area contributed by atoms with Gasteiger partial charge in [0.15, 0.2) is 0 Å². The van der Waals surface area contributed by atoms with Gasteiger partial charge in [0.1, 0.15) is 6.23 Å². The van der Waals surface area contributed by atoms with Crippen molar-refractivity contribution in [2.75, 3.05) is 0 Å². The van der Waals surface area contributed by atoms with Crippen molar-refractivity contribution in [3.8, 4) is 0 Å². The maximum atomic E-state index is 11.5. The molecule has 0 saturated carbocycles. The summed E-state index contributed by atoms with van der Waals surface area (Å²) in [6, 6.07) is 1.29. The van der Waals surface area contributed by atoms with Gasteiger partial charge in [0, 0.05) is 18.0 Å². The summed E-state index contributed by atoms with van der Waals surface area (Å²) in [6.07, 6.45) is 2.23. The largest absolute Gasteiger partial charge is 0.400 e. The quantitative estimate of drug-likeness (QED) is 0.719. The molecule has 1 fully saturated rings. The highest BCUT2D eigenvalue weighted by molar-refractivity contribution is 4.99. The van der Waals surface area contributed by atoms with Crippen LogP contribution in [0.3, 0.4) is 0 Å². The van der Waals surface area contributed by atoms with Gasteiger partial charge >= 0.3 is 5.69 Å². The van der Waals surface area contributed by atoms with E-state index in [2.05, 4.69) is 11.6 Å². The molecule has 1 aliphatic heterocycles. The lowest BCUT2D eigenvalue weighted by Crippen LogP contribution is -2.31. The van der Waals surface area contributed by atoms with Crippen molar-refractivity contribution in [3.63, 3.8) is 0 Å². The Morgan fingerprint density at radius 2 is 2.31 bits per heavy atom. The molecule has 0 bridgehead atoms. The van der Waals surface area contributed by atoms with Gasteiger partial charge < -0.3 is 10.5 Å². The Morgan fingerprint density at radius 3 is 2.88 bits per heavy atom. The van der Waals surface area contributed by atoms with E-state index < -0.39 is 11.2 Å². The molecule has 1 saturated heterocycles. The van der Waals surface area contributed by atoms with Crippen LogP contribution < -0.4 is 17.0 Å². The van der Waals surface area contributed by atoms with Crippen molar-refractivity contribution in [1.82, 2.24) is 9.55 Å². The van der Waals surface area contributed by atoms with Crippen LogP contribution in [0, 0.1) is 0 Å². The van der Waals surface area contributed by atoms with Crippen molar-refractivity contribution in [2.45, 2.75) is 25.2 Å². The minimum atomic E-state index is -0.471. The third-order valence-electron chi connectivity index (χ3n) is 2.57. The molecule has 2 atom stereocenters. The number of hydrogen-bond donors (Lipinski definition) is 2. The summed E-state index contributed by atoms with van der Waals surface area (Å²) in [7, 11) is 0. The summed E-state index contributed by atoms with van der Waals surface area (Å²) in [5.74, 6) is 0. The average molecular weight is 223 g/mol. The van der Waals surface area contributed by atoms with Crippen molar-refractivity contribution in [2.24, 2.45) is 5.73 Å². The standard InChI is InChI=1S/C10H13N3O3/c1-6(11)7-2-3-9(16-7)13-5-4-8(14)12-10(13)15/h4-5,7,9H,1-3,11H2,(H,12,14,15)/t7-,9-/m1/s1. The average Bonchev–Trinajstić information content (AvgIpc) is 2.66. The number of nitrogens with zero attached hydrogens (tertiary/aromatic N) is 1. The van der Waals surface area contributed by atoms with E-state index in [4.69, 9.17) is 10.5 Å². The number of ether oxygens (including phenoxy) is 1. The highest BCUT2D eigenvalue weighted by Gasteiger charge is 2.27. The van der Waals surface area contributed by atoms with Gasteiger partial charge in [0.05, 0.1) is 6.10 Å². The number of aromatic amines is 1. The SMILES string of the molecule is C=C(N)[C@H]1CC[C@H](n2ccc(=O)[nH]c2=O)O1. The van der Waals surface area contributed by atoms with E-state index >= 15 is 0 Å². The lowest BCUT2D eigenvalue weighted by atomic mass is 10.2. The Labute approximate surface area is 91.4 Å². The van der Waals surface area contributed by atoms with Crippen molar-refractivity contribution in [3.05, 3.63) is 45.4 Å². The fourth-order valence-corrected chi connectivity index (χ4v) is 1.75. The van der Waals surface area contributed by atoms with Crippen LogP contribution in [-0.4, -0.2) is 15.7 Å². The molecule has 1 aromatic heterocycles. The third-order valence-corrected chi connectivity index (χ3v) is 2.57. The fraction of sp³-hybridized carbons (Fsp3) is 0.400. The minimum absolute atomic E-state index is 0.219. The Morgan fingerprint density at radius 1 is 1.56 bits per heavy atom. The molecule has 0 unspecified atom stereocenters. The first-order chi connectivity index (χ1) is 7.58. The predicted molar refractivity (Wildman–Crippen MR) is 57.8 cm³/mol. The normalized spacial score (nSPS) is 24.5. The van der Waals surface area contributed by atoms with Crippen LogP contribution in [0.2, 0.25) is 0 Å². The smallest absolute Gasteiger partial charge is 0.330 e.